The lowest BCUT2D eigenvalue weighted by atomic mass is 10.0. The Morgan fingerprint density at radius 3 is 2.60 bits per heavy atom. The fourth-order valence-electron chi connectivity index (χ4n) is 4.21. The van der Waals surface area contributed by atoms with Crippen LogP contribution >= 0.6 is 0 Å². The van der Waals surface area contributed by atoms with Crippen LogP contribution in [0.4, 0.5) is 23.4 Å². The molecule has 4 atom stereocenters. The van der Waals surface area contributed by atoms with E-state index in [4.69, 9.17) is 9.84 Å². The van der Waals surface area contributed by atoms with Crippen molar-refractivity contribution in [1.82, 2.24) is 9.88 Å². The maximum absolute atomic E-state index is 14.6. The first kappa shape index (κ1) is 24.9. The predicted molar refractivity (Wildman–Crippen MR) is 118 cm³/mol. The zero-order valence-electron chi connectivity index (χ0n) is 18.9. The number of aryl methyl sites for hydroxylation is 1. The van der Waals surface area contributed by atoms with Gasteiger partial charge in [0, 0.05) is 19.2 Å². The number of aliphatic hydroxyl groups excluding tert-OH is 1. The molecule has 0 radical (unpaired) electrons. The summed E-state index contributed by atoms with van der Waals surface area (Å²) in [6, 6.07) is 8.53. The van der Waals surface area contributed by atoms with Gasteiger partial charge in [0.1, 0.15) is 24.3 Å². The minimum absolute atomic E-state index is 0.142. The van der Waals surface area contributed by atoms with Gasteiger partial charge in [-0.3, -0.25) is 9.59 Å². The molecule has 2 N–H and O–H groups in total. The van der Waals surface area contributed by atoms with Gasteiger partial charge in [-0.25, -0.2) is 9.37 Å². The third-order valence-electron chi connectivity index (χ3n) is 6.32. The van der Waals surface area contributed by atoms with E-state index in [-0.39, 0.29) is 31.7 Å². The van der Waals surface area contributed by atoms with Crippen LogP contribution in [0.3, 0.4) is 0 Å². The van der Waals surface area contributed by atoms with E-state index in [1.54, 1.807) is 31.2 Å². The Morgan fingerprint density at radius 2 is 1.97 bits per heavy atom. The summed E-state index contributed by atoms with van der Waals surface area (Å²) in [4.78, 5) is 29.0. The highest BCUT2D eigenvalue weighted by Gasteiger charge is 2.58. The molecule has 0 spiro atoms. The monoisotopic (exact) mass is 495 g/mol. The van der Waals surface area contributed by atoms with E-state index in [0.29, 0.717) is 11.3 Å². The highest BCUT2D eigenvalue weighted by molar-refractivity contribution is 5.94. The average Bonchev–Trinajstić information content (AvgIpc) is 3.63. The maximum atomic E-state index is 14.6. The first-order valence-electron chi connectivity index (χ1n) is 11.2. The lowest BCUT2D eigenvalue weighted by molar-refractivity contribution is -0.153. The number of nitrogens with one attached hydrogen (secondary N) is 1. The molecule has 2 aromatic rings. The van der Waals surface area contributed by atoms with Crippen LogP contribution in [0.2, 0.25) is 0 Å². The zero-order chi connectivity index (χ0) is 25.3. The van der Waals surface area contributed by atoms with Crippen LogP contribution in [-0.2, 0) is 9.59 Å². The molecule has 2 aliphatic rings. The molecule has 11 heteroatoms. The predicted octanol–water partition coefficient (Wildman–Crippen LogP) is 3.50. The second-order valence-electron chi connectivity index (χ2n) is 8.85. The largest absolute Gasteiger partial charge is 0.487 e. The lowest BCUT2D eigenvalue weighted by Gasteiger charge is -2.34. The van der Waals surface area contributed by atoms with Crippen molar-refractivity contribution in [3.8, 4) is 16.9 Å². The Labute approximate surface area is 199 Å². The van der Waals surface area contributed by atoms with Crippen molar-refractivity contribution in [2.24, 2.45) is 11.8 Å². The lowest BCUT2D eigenvalue weighted by Crippen LogP contribution is -2.50. The van der Waals surface area contributed by atoms with Gasteiger partial charge in [-0.15, -0.1) is 0 Å². The molecular formula is C24H25F4N3O4. The highest BCUT2D eigenvalue weighted by Crippen LogP contribution is 2.50. The van der Waals surface area contributed by atoms with Crippen molar-refractivity contribution >= 4 is 17.6 Å². The number of hydrogen-bond acceptors (Lipinski definition) is 5. The van der Waals surface area contributed by atoms with Gasteiger partial charge in [-0.2, -0.15) is 13.2 Å². The highest BCUT2D eigenvalue weighted by atomic mass is 19.4. The number of aliphatic hydroxyl groups is 1. The molecule has 35 heavy (non-hydrogen) atoms. The van der Waals surface area contributed by atoms with E-state index in [1.807, 2.05) is 6.07 Å². The second kappa shape index (κ2) is 9.80. The summed E-state index contributed by atoms with van der Waals surface area (Å²) in [5, 5.41) is 11.4. The van der Waals surface area contributed by atoms with Crippen molar-refractivity contribution in [2.75, 3.05) is 25.0 Å². The number of pyridine rings is 1. The van der Waals surface area contributed by atoms with Gasteiger partial charge in [0.15, 0.2) is 6.17 Å². The van der Waals surface area contributed by atoms with Crippen molar-refractivity contribution < 1.29 is 37.0 Å². The minimum Gasteiger partial charge on any atom is -0.487 e. The summed E-state index contributed by atoms with van der Waals surface area (Å²) in [7, 11) is 0. The number of anilines is 1. The molecule has 1 saturated carbocycles. The quantitative estimate of drug-likeness (QED) is 0.599. The smallest absolute Gasteiger partial charge is 0.392 e. The van der Waals surface area contributed by atoms with Crippen molar-refractivity contribution in [3.63, 3.8) is 0 Å². The zero-order valence-corrected chi connectivity index (χ0v) is 18.9. The first-order valence-corrected chi connectivity index (χ1v) is 11.2. The maximum Gasteiger partial charge on any atom is 0.392 e. The molecule has 2 unspecified atom stereocenters. The minimum atomic E-state index is -4.38. The summed E-state index contributed by atoms with van der Waals surface area (Å²) < 4.78 is 58.6. The van der Waals surface area contributed by atoms with Gasteiger partial charge < -0.3 is 20.1 Å². The summed E-state index contributed by atoms with van der Waals surface area (Å²) >= 11 is 0. The Hall–Kier alpha value is -3.21. The van der Waals surface area contributed by atoms with Gasteiger partial charge >= 0.3 is 6.18 Å². The number of nitrogens with zero attached hydrogens (tertiary/aromatic N) is 2. The van der Waals surface area contributed by atoms with Crippen LogP contribution < -0.4 is 10.1 Å². The Morgan fingerprint density at radius 1 is 1.23 bits per heavy atom. The normalized spacial score (nSPS) is 24.1. The fourth-order valence-corrected chi connectivity index (χ4v) is 4.21. The molecule has 0 bridgehead atoms. The van der Waals surface area contributed by atoms with Crippen LogP contribution in [0.1, 0.15) is 18.4 Å². The Bertz CT molecular complexity index is 1110. The summed E-state index contributed by atoms with van der Waals surface area (Å²) in [6.07, 6.45) is -4.98. The molecule has 7 nitrogen and oxygen atoms in total. The van der Waals surface area contributed by atoms with Gasteiger partial charge in [0.25, 0.3) is 0 Å². The summed E-state index contributed by atoms with van der Waals surface area (Å²) in [5.74, 6) is -3.28. The third kappa shape index (κ3) is 5.72. The Balaban J connectivity index is 1.40. The van der Waals surface area contributed by atoms with Crippen LogP contribution in [0.15, 0.2) is 36.5 Å². The number of halogens is 4. The molecule has 1 aromatic heterocycles. The third-order valence-corrected chi connectivity index (χ3v) is 6.32. The molecular weight excluding hydrogens is 470 g/mol. The van der Waals surface area contributed by atoms with Gasteiger partial charge in [-0.05, 0) is 54.3 Å². The number of aromatic nitrogens is 1. The topological polar surface area (TPSA) is 91.8 Å². The standard InChI is InChI=1S/C24H25F4N3O4/c1-13-8-14(2-3-19(13)35-20-5-7-31(11-18(20)25)22(33)12-32)15-4-6-29-21(9-15)30-23(34)16-10-17(16)24(26,27)28/h2-4,6,8-9,16-18,20,32H,5,7,10-12H2,1H3,(H,29,30,34)/t16?,17?,18-,20+/m1/s1. The van der Waals surface area contributed by atoms with Crippen molar-refractivity contribution in [2.45, 2.75) is 38.2 Å². The number of carbonyl (C=O) groups excluding carboxylic acids is 2. The number of piperidine rings is 1. The van der Waals surface area contributed by atoms with E-state index in [0.717, 1.165) is 11.1 Å². The number of likely N-dealkylation sites (tertiary alicyclic amines) is 1. The Kier molecular flexibility index (Phi) is 6.98. The molecule has 1 aliphatic heterocycles. The van der Waals surface area contributed by atoms with Gasteiger partial charge in [0.2, 0.25) is 11.8 Å². The molecule has 1 aromatic carbocycles. The van der Waals surface area contributed by atoms with Crippen LogP contribution in [0.25, 0.3) is 11.1 Å². The molecule has 1 aliphatic carbocycles. The van der Waals surface area contributed by atoms with E-state index >= 15 is 0 Å². The summed E-state index contributed by atoms with van der Waals surface area (Å²) in [5.41, 5.74) is 2.18. The second-order valence-corrected chi connectivity index (χ2v) is 8.85. The first-order chi connectivity index (χ1) is 16.6. The number of hydrogen-bond donors (Lipinski definition) is 2. The molecule has 4 rings (SSSR count). The van der Waals surface area contributed by atoms with Crippen molar-refractivity contribution in [3.05, 3.63) is 42.1 Å². The number of carbonyl (C=O) groups is 2. The molecule has 1 saturated heterocycles. The number of alkyl halides is 4. The number of rotatable bonds is 6. The van der Waals surface area contributed by atoms with Crippen molar-refractivity contribution in [1.29, 1.82) is 0 Å². The van der Waals surface area contributed by atoms with Gasteiger partial charge in [-0.1, -0.05) is 6.07 Å². The van der Waals surface area contributed by atoms with Gasteiger partial charge in [0.05, 0.1) is 18.4 Å². The van der Waals surface area contributed by atoms with Crippen LogP contribution in [0, 0.1) is 18.8 Å². The molecule has 2 heterocycles. The fraction of sp³-hybridized carbons (Fsp3) is 0.458. The molecule has 2 amide bonds. The molecule has 2 fully saturated rings. The SMILES string of the molecule is Cc1cc(-c2ccnc(NC(=O)C3CC3C(F)(F)F)c2)ccc1O[C@H]1CCN(C(=O)CO)C[C@H]1F. The summed E-state index contributed by atoms with van der Waals surface area (Å²) in [6.45, 7) is 1.29. The number of amides is 2. The average molecular weight is 495 g/mol. The van der Waals surface area contributed by atoms with E-state index < -0.39 is 48.7 Å². The van der Waals surface area contributed by atoms with Crippen LogP contribution in [0.5, 0.6) is 5.75 Å². The van der Waals surface area contributed by atoms with Crippen LogP contribution in [-0.4, -0.2) is 65.0 Å². The van der Waals surface area contributed by atoms with E-state index in [1.165, 1.54) is 11.1 Å². The van der Waals surface area contributed by atoms with E-state index in [9.17, 15) is 27.2 Å². The molecule has 188 valence electrons. The van der Waals surface area contributed by atoms with E-state index in [2.05, 4.69) is 10.3 Å². The number of benzene rings is 1. The number of ether oxygens (including phenoxy) is 1.